The molecule has 1 aromatic rings. The van der Waals surface area contributed by atoms with Gasteiger partial charge in [0.05, 0.1) is 15.3 Å². The van der Waals surface area contributed by atoms with Crippen molar-refractivity contribution in [1.29, 1.82) is 0 Å². The van der Waals surface area contributed by atoms with Crippen molar-refractivity contribution in [2.45, 2.75) is 39.7 Å². The van der Waals surface area contributed by atoms with Crippen LogP contribution in [0, 0.1) is 15.9 Å². The van der Waals surface area contributed by atoms with Gasteiger partial charge in [0.25, 0.3) is 0 Å². The number of anilines is 1. The van der Waals surface area contributed by atoms with Gasteiger partial charge in [0.2, 0.25) is 0 Å². The lowest BCUT2D eigenvalue weighted by molar-refractivity contribution is 0.0963. The molecule has 0 bridgehead atoms. The Morgan fingerprint density at radius 1 is 1.50 bits per heavy atom. The van der Waals surface area contributed by atoms with E-state index in [0.29, 0.717) is 11.5 Å². The Morgan fingerprint density at radius 2 is 2.07 bits per heavy atom. The molecule has 2 rings (SSSR count). The van der Waals surface area contributed by atoms with E-state index in [1.54, 1.807) is 0 Å². The fraction of sp³-hybridized carbons (Fsp3) is 0.700. The van der Waals surface area contributed by atoms with Gasteiger partial charge >= 0.3 is 0 Å². The SMILES string of the molecule is Cc1nn(C2CC(C)(C)C2)c(N)c1I. The van der Waals surface area contributed by atoms with Crippen LogP contribution in [0.2, 0.25) is 0 Å². The van der Waals surface area contributed by atoms with Gasteiger partial charge in [0.15, 0.2) is 0 Å². The van der Waals surface area contributed by atoms with E-state index in [9.17, 15) is 0 Å². The number of aryl methyl sites for hydroxylation is 1. The van der Waals surface area contributed by atoms with Gasteiger partial charge in [-0.25, -0.2) is 4.68 Å². The molecule has 4 heteroatoms. The number of hydrogen-bond acceptors (Lipinski definition) is 2. The number of hydrogen-bond donors (Lipinski definition) is 1. The van der Waals surface area contributed by atoms with Crippen LogP contribution < -0.4 is 5.73 Å². The van der Waals surface area contributed by atoms with Crippen molar-refractivity contribution in [2.75, 3.05) is 5.73 Å². The Bertz CT molecular complexity index is 360. The average Bonchev–Trinajstić information content (AvgIpc) is 2.28. The average molecular weight is 305 g/mol. The molecular formula is C10H16IN3. The number of halogens is 1. The van der Waals surface area contributed by atoms with Crippen LogP contribution in [0.4, 0.5) is 5.82 Å². The molecule has 0 aromatic carbocycles. The van der Waals surface area contributed by atoms with Crippen molar-refractivity contribution in [3.63, 3.8) is 0 Å². The van der Waals surface area contributed by atoms with Gasteiger partial charge in [-0.05, 0) is 47.8 Å². The number of nitrogens with two attached hydrogens (primary N) is 1. The van der Waals surface area contributed by atoms with E-state index < -0.39 is 0 Å². The molecule has 78 valence electrons. The molecule has 1 aromatic heterocycles. The highest BCUT2D eigenvalue weighted by Gasteiger charge is 2.38. The van der Waals surface area contributed by atoms with E-state index in [-0.39, 0.29) is 0 Å². The van der Waals surface area contributed by atoms with Gasteiger partial charge in [-0.2, -0.15) is 5.10 Å². The van der Waals surface area contributed by atoms with Gasteiger partial charge < -0.3 is 5.73 Å². The summed E-state index contributed by atoms with van der Waals surface area (Å²) in [4.78, 5) is 0. The Labute approximate surface area is 98.2 Å². The van der Waals surface area contributed by atoms with E-state index in [4.69, 9.17) is 5.73 Å². The number of nitrogen functional groups attached to an aromatic ring is 1. The Morgan fingerprint density at radius 3 is 2.43 bits per heavy atom. The Balaban J connectivity index is 2.23. The molecule has 3 nitrogen and oxygen atoms in total. The normalized spacial score (nSPS) is 20.9. The molecule has 0 spiro atoms. The predicted octanol–water partition coefficient (Wildman–Crippen LogP) is 2.74. The lowest BCUT2D eigenvalue weighted by Crippen LogP contribution is -2.34. The fourth-order valence-corrected chi connectivity index (χ4v) is 2.57. The minimum absolute atomic E-state index is 0.475. The zero-order chi connectivity index (χ0) is 10.5. The lowest BCUT2D eigenvalue weighted by atomic mass is 9.68. The first-order valence-electron chi connectivity index (χ1n) is 4.91. The van der Waals surface area contributed by atoms with E-state index in [0.717, 1.165) is 15.1 Å². The molecule has 0 atom stereocenters. The molecule has 1 aliphatic carbocycles. The van der Waals surface area contributed by atoms with Crippen LogP contribution >= 0.6 is 22.6 Å². The summed E-state index contributed by atoms with van der Waals surface area (Å²) >= 11 is 2.26. The van der Waals surface area contributed by atoms with Crippen molar-refractivity contribution in [3.05, 3.63) is 9.26 Å². The molecule has 2 N–H and O–H groups in total. The van der Waals surface area contributed by atoms with Gasteiger partial charge in [-0.3, -0.25) is 0 Å². The first-order valence-corrected chi connectivity index (χ1v) is 5.99. The van der Waals surface area contributed by atoms with E-state index in [1.807, 2.05) is 11.6 Å². The third-order valence-electron chi connectivity index (χ3n) is 2.97. The zero-order valence-corrected chi connectivity index (χ0v) is 11.0. The van der Waals surface area contributed by atoms with Gasteiger partial charge in [-0.15, -0.1) is 0 Å². The van der Waals surface area contributed by atoms with Crippen LogP contribution in [0.5, 0.6) is 0 Å². The second-order valence-electron chi connectivity index (χ2n) is 4.96. The van der Waals surface area contributed by atoms with E-state index in [1.165, 1.54) is 12.8 Å². The number of aromatic nitrogens is 2. The Hall–Kier alpha value is -0.260. The molecule has 1 aliphatic rings. The van der Waals surface area contributed by atoms with Gasteiger partial charge in [-0.1, -0.05) is 13.8 Å². The molecule has 0 saturated heterocycles. The third kappa shape index (κ3) is 1.53. The van der Waals surface area contributed by atoms with Gasteiger partial charge in [0, 0.05) is 0 Å². The lowest BCUT2D eigenvalue weighted by Gasteiger charge is -2.42. The molecule has 1 saturated carbocycles. The highest BCUT2D eigenvalue weighted by Crippen LogP contribution is 2.48. The van der Waals surface area contributed by atoms with Crippen LogP contribution in [0.1, 0.15) is 38.4 Å². The topological polar surface area (TPSA) is 43.8 Å². The summed E-state index contributed by atoms with van der Waals surface area (Å²) in [7, 11) is 0. The first kappa shape index (κ1) is 10.3. The maximum atomic E-state index is 6.00. The van der Waals surface area contributed by atoms with Crippen molar-refractivity contribution in [2.24, 2.45) is 5.41 Å². The van der Waals surface area contributed by atoms with Crippen molar-refractivity contribution in [1.82, 2.24) is 9.78 Å². The third-order valence-corrected chi connectivity index (χ3v) is 4.30. The molecule has 0 unspecified atom stereocenters. The van der Waals surface area contributed by atoms with Crippen molar-refractivity contribution < 1.29 is 0 Å². The predicted molar refractivity (Wildman–Crippen MR) is 66.1 cm³/mol. The van der Waals surface area contributed by atoms with Crippen LogP contribution in [-0.2, 0) is 0 Å². The summed E-state index contributed by atoms with van der Waals surface area (Å²) in [5.41, 5.74) is 7.52. The molecule has 1 heterocycles. The number of rotatable bonds is 1. The smallest absolute Gasteiger partial charge is 0.135 e. The summed E-state index contributed by atoms with van der Waals surface area (Å²) in [6, 6.07) is 0.521. The maximum Gasteiger partial charge on any atom is 0.135 e. The highest BCUT2D eigenvalue weighted by molar-refractivity contribution is 14.1. The van der Waals surface area contributed by atoms with Crippen LogP contribution in [0.25, 0.3) is 0 Å². The summed E-state index contributed by atoms with van der Waals surface area (Å²) < 4.78 is 3.11. The van der Waals surface area contributed by atoms with Crippen LogP contribution in [0.3, 0.4) is 0 Å². The van der Waals surface area contributed by atoms with Crippen LogP contribution in [-0.4, -0.2) is 9.78 Å². The summed E-state index contributed by atoms with van der Waals surface area (Å²) in [5.74, 6) is 0.837. The first-order chi connectivity index (χ1) is 6.41. The zero-order valence-electron chi connectivity index (χ0n) is 8.84. The quantitative estimate of drug-likeness (QED) is 0.811. The molecule has 0 amide bonds. The monoisotopic (exact) mass is 305 g/mol. The van der Waals surface area contributed by atoms with E-state index >= 15 is 0 Å². The summed E-state index contributed by atoms with van der Waals surface area (Å²) in [5, 5.41) is 4.48. The second-order valence-corrected chi connectivity index (χ2v) is 6.03. The molecule has 14 heavy (non-hydrogen) atoms. The van der Waals surface area contributed by atoms with Crippen LogP contribution in [0.15, 0.2) is 0 Å². The molecule has 1 fully saturated rings. The highest BCUT2D eigenvalue weighted by atomic mass is 127. The van der Waals surface area contributed by atoms with E-state index in [2.05, 4.69) is 41.5 Å². The largest absolute Gasteiger partial charge is 0.383 e. The minimum Gasteiger partial charge on any atom is -0.383 e. The van der Waals surface area contributed by atoms with Gasteiger partial charge in [0.1, 0.15) is 5.82 Å². The summed E-state index contributed by atoms with van der Waals surface area (Å²) in [6.07, 6.45) is 2.38. The maximum absolute atomic E-state index is 6.00. The van der Waals surface area contributed by atoms with Crippen molar-refractivity contribution in [3.8, 4) is 0 Å². The molecule has 0 aliphatic heterocycles. The number of nitrogens with zero attached hydrogens (tertiary/aromatic N) is 2. The molecule has 0 radical (unpaired) electrons. The fourth-order valence-electron chi connectivity index (χ4n) is 2.21. The Kier molecular flexibility index (Phi) is 2.28. The standard InChI is InChI=1S/C10H16IN3/c1-6-8(11)9(12)14(13-6)7-4-10(2,3)5-7/h7H,4-5,12H2,1-3H3. The molecular weight excluding hydrogens is 289 g/mol. The van der Waals surface area contributed by atoms with Crippen molar-refractivity contribution >= 4 is 28.4 Å². The minimum atomic E-state index is 0.475. The second kappa shape index (κ2) is 3.12. The summed E-state index contributed by atoms with van der Waals surface area (Å²) in [6.45, 7) is 6.60.